The molecule has 0 aliphatic carbocycles. The van der Waals surface area contributed by atoms with Crippen molar-refractivity contribution in [1.29, 1.82) is 0 Å². The molecule has 0 saturated heterocycles. The third-order valence-corrected chi connectivity index (χ3v) is 5.79. The van der Waals surface area contributed by atoms with Gasteiger partial charge in [-0.3, -0.25) is 14.4 Å². The zero-order chi connectivity index (χ0) is 26.2. The molecule has 14 heteroatoms. The van der Waals surface area contributed by atoms with Crippen LogP contribution in [0.1, 0.15) is 99.7 Å². The van der Waals surface area contributed by atoms with Crippen LogP contribution in [-0.2, 0) is 6.54 Å². The molecule has 3 amide bonds. The number of nitrogens with zero attached hydrogens (tertiary/aromatic N) is 3. The smallest absolute Gasteiger partial charge is 0.273 e. The largest absolute Gasteiger partial charge is 0.446 e. The number of carbonyl (C=O) groups is 3. The first-order valence-corrected chi connectivity index (χ1v) is 12.1. The summed E-state index contributed by atoms with van der Waals surface area (Å²) in [7, 11) is 0. The van der Waals surface area contributed by atoms with Gasteiger partial charge in [0.05, 0.1) is 6.54 Å². The fourth-order valence-corrected chi connectivity index (χ4v) is 3.81. The molecule has 4 heterocycles. The minimum absolute atomic E-state index is 0.0164. The highest BCUT2D eigenvalue weighted by atomic mass is 16.4. The van der Waals surface area contributed by atoms with Crippen molar-refractivity contribution in [3.8, 4) is 0 Å². The van der Waals surface area contributed by atoms with Crippen molar-refractivity contribution in [3.05, 3.63) is 53.5 Å². The molecular formula is C23H30N8O6. The molecule has 14 nitrogen and oxygen atoms in total. The number of rotatable bonds is 8. The van der Waals surface area contributed by atoms with Gasteiger partial charge in [0, 0.05) is 0 Å². The van der Waals surface area contributed by atoms with Crippen LogP contribution >= 0.6 is 0 Å². The molecule has 0 radical (unpaired) electrons. The second kappa shape index (κ2) is 12.3. The Morgan fingerprint density at radius 2 is 1.19 bits per heavy atom. The van der Waals surface area contributed by atoms with Crippen molar-refractivity contribution in [2.24, 2.45) is 11.5 Å². The lowest BCUT2D eigenvalue weighted by atomic mass is 10.1. The molecule has 37 heavy (non-hydrogen) atoms. The predicted octanol–water partition coefficient (Wildman–Crippen LogP) is 1.09. The van der Waals surface area contributed by atoms with E-state index in [2.05, 4.69) is 30.9 Å². The van der Waals surface area contributed by atoms with Gasteiger partial charge >= 0.3 is 0 Å². The lowest BCUT2D eigenvalue weighted by molar-refractivity contribution is 0.0916. The molecule has 1 aliphatic rings. The molecule has 0 saturated carbocycles. The van der Waals surface area contributed by atoms with Crippen LogP contribution < -0.4 is 27.4 Å². The molecule has 198 valence electrons. The fourth-order valence-electron chi connectivity index (χ4n) is 3.81. The summed E-state index contributed by atoms with van der Waals surface area (Å²) in [4.78, 5) is 51.2. The molecule has 0 spiro atoms. The van der Waals surface area contributed by atoms with Crippen molar-refractivity contribution in [1.82, 2.24) is 30.9 Å². The van der Waals surface area contributed by atoms with E-state index in [0.29, 0.717) is 38.8 Å². The Morgan fingerprint density at radius 3 is 1.73 bits per heavy atom. The third kappa shape index (κ3) is 6.59. The Bertz CT molecular complexity index is 1210. The molecular weight excluding hydrogens is 484 g/mol. The van der Waals surface area contributed by atoms with Crippen LogP contribution in [0.4, 0.5) is 0 Å². The topological polar surface area (TPSA) is 217 Å². The standard InChI is InChI=1S/C23H30N8O6/c24-7-3-1-5-13-22-30-15(11-36-22)19(32)26-9-18-27-16(10-35-18)20(33)28-14(6-2-4-8-25)23-31-17(12-37-23)21(34)29-13/h10-14H,1-9,24-25H2,(H,26,32)(H,28,33)(H,29,34)/t13-,14-/m0/s1. The van der Waals surface area contributed by atoms with Gasteiger partial charge in [-0.25, -0.2) is 15.0 Å². The maximum atomic E-state index is 13.0. The van der Waals surface area contributed by atoms with Gasteiger partial charge < -0.3 is 40.7 Å². The fraction of sp³-hybridized carbons (Fsp3) is 0.478. The number of oxazole rings is 3. The molecule has 3 aromatic rings. The average Bonchev–Trinajstić information content (AvgIpc) is 3.66. The molecule has 3 aromatic heterocycles. The van der Waals surface area contributed by atoms with Gasteiger partial charge in [0.1, 0.15) is 30.9 Å². The molecule has 2 atom stereocenters. The van der Waals surface area contributed by atoms with Gasteiger partial charge in [-0.1, -0.05) is 0 Å². The molecule has 6 bridgehead atoms. The summed E-state index contributed by atoms with van der Waals surface area (Å²) in [5.41, 5.74) is 11.3. The molecule has 0 aromatic carbocycles. The van der Waals surface area contributed by atoms with E-state index in [1.165, 1.54) is 18.8 Å². The van der Waals surface area contributed by atoms with Crippen molar-refractivity contribution < 1.29 is 27.6 Å². The Hall–Kier alpha value is -4.04. The summed E-state index contributed by atoms with van der Waals surface area (Å²) in [5.74, 6) is -1.10. The number of amides is 3. The monoisotopic (exact) mass is 514 g/mol. The number of nitrogens with one attached hydrogen (secondary N) is 3. The number of hydrogen-bond acceptors (Lipinski definition) is 11. The second-order valence-electron chi connectivity index (χ2n) is 8.57. The highest BCUT2D eigenvalue weighted by Gasteiger charge is 2.27. The SMILES string of the molecule is NCCCC[C@@H]1NC(=O)c2coc(n2)[C@H](CCCCN)NC(=O)c2coc(n2)CNC(=O)c2coc1n2. The highest BCUT2D eigenvalue weighted by Crippen LogP contribution is 2.23. The first-order chi connectivity index (χ1) is 18.0. The zero-order valence-corrected chi connectivity index (χ0v) is 20.2. The van der Waals surface area contributed by atoms with Crippen molar-refractivity contribution in [2.45, 2.75) is 57.2 Å². The van der Waals surface area contributed by atoms with Crippen molar-refractivity contribution >= 4 is 17.7 Å². The van der Waals surface area contributed by atoms with Crippen LogP contribution in [-0.4, -0.2) is 45.8 Å². The normalized spacial score (nSPS) is 18.5. The maximum Gasteiger partial charge on any atom is 0.273 e. The summed E-state index contributed by atoms with van der Waals surface area (Å²) >= 11 is 0. The third-order valence-electron chi connectivity index (χ3n) is 5.79. The second-order valence-corrected chi connectivity index (χ2v) is 8.57. The Labute approximate surface area is 212 Å². The van der Waals surface area contributed by atoms with Crippen LogP contribution in [0, 0.1) is 0 Å². The summed E-state index contributed by atoms with van der Waals surface area (Å²) in [6.07, 6.45) is 7.42. The Morgan fingerprint density at radius 1 is 0.703 bits per heavy atom. The summed E-state index contributed by atoms with van der Waals surface area (Å²) in [6.45, 7) is 0.909. The van der Waals surface area contributed by atoms with Crippen LogP contribution in [0.5, 0.6) is 0 Å². The quantitative estimate of drug-likeness (QED) is 0.268. The number of hydrogen-bond donors (Lipinski definition) is 5. The van der Waals surface area contributed by atoms with Gasteiger partial charge in [-0.05, 0) is 51.6 Å². The summed E-state index contributed by atoms with van der Waals surface area (Å²) in [6, 6.07) is -1.26. The number of aromatic nitrogens is 3. The zero-order valence-electron chi connectivity index (χ0n) is 20.2. The summed E-state index contributed by atoms with van der Waals surface area (Å²) in [5, 5.41) is 8.29. The van der Waals surface area contributed by atoms with Crippen LogP contribution in [0.2, 0.25) is 0 Å². The molecule has 0 unspecified atom stereocenters. The van der Waals surface area contributed by atoms with Crippen LogP contribution in [0.3, 0.4) is 0 Å². The van der Waals surface area contributed by atoms with Crippen molar-refractivity contribution in [3.63, 3.8) is 0 Å². The van der Waals surface area contributed by atoms with E-state index in [1.54, 1.807) is 0 Å². The minimum atomic E-state index is -0.631. The summed E-state index contributed by atoms with van der Waals surface area (Å²) < 4.78 is 16.4. The van der Waals surface area contributed by atoms with Gasteiger partial charge in [0.2, 0.25) is 17.7 Å². The van der Waals surface area contributed by atoms with Gasteiger partial charge in [-0.15, -0.1) is 0 Å². The Kier molecular flexibility index (Phi) is 8.64. The van der Waals surface area contributed by atoms with E-state index in [-0.39, 0.29) is 41.3 Å². The first kappa shape index (κ1) is 26.0. The van der Waals surface area contributed by atoms with E-state index in [4.69, 9.17) is 24.7 Å². The average molecular weight is 515 g/mol. The lowest BCUT2D eigenvalue weighted by Crippen LogP contribution is -2.31. The molecule has 7 N–H and O–H groups in total. The van der Waals surface area contributed by atoms with Gasteiger partial charge in [0.25, 0.3) is 17.7 Å². The van der Waals surface area contributed by atoms with Crippen molar-refractivity contribution in [2.75, 3.05) is 13.1 Å². The molecule has 4 rings (SSSR count). The Balaban J connectivity index is 1.65. The van der Waals surface area contributed by atoms with E-state index < -0.39 is 29.8 Å². The van der Waals surface area contributed by atoms with E-state index >= 15 is 0 Å². The molecule has 0 fully saturated rings. The van der Waals surface area contributed by atoms with E-state index in [1.807, 2.05) is 0 Å². The van der Waals surface area contributed by atoms with Crippen LogP contribution in [0.15, 0.2) is 32.0 Å². The van der Waals surface area contributed by atoms with E-state index in [9.17, 15) is 14.4 Å². The molecule has 1 aliphatic heterocycles. The number of carbonyl (C=O) groups excluding carboxylic acids is 3. The number of nitrogens with two attached hydrogens (primary N) is 2. The van der Waals surface area contributed by atoms with Crippen LogP contribution in [0.25, 0.3) is 0 Å². The number of fused-ring (bicyclic) bond motifs is 6. The highest BCUT2D eigenvalue weighted by molar-refractivity contribution is 5.93. The minimum Gasteiger partial charge on any atom is -0.446 e. The predicted molar refractivity (Wildman–Crippen MR) is 127 cm³/mol. The maximum absolute atomic E-state index is 13.0. The van der Waals surface area contributed by atoms with Gasteiger partial charge in [0.15, 0.2) is 17.1 Å². The van der Waals surface area contributed by atoms with E-state index in [0.717, 1.165) is 12.8 Å². The van der Waals surface area contributed by atoms with Gasteiger partial charge in [-0.2, -0.15) is 0 Å². The lowest BCUT2D eigenvalue weighted by Gasteiger charge is -2.15. The number of unbranched alkanes of at least 4 members (excludes halogenated alkanes) is 2. The first-order valence-electron chi connectivity index (χ1n) is 12.1.